The Hall–Kier alpha value is -2.56. The van der Waals surface area contributed by atoms with E-state index in [4.69, 9.17) is 0 Å². The zero-order chi connectivity index (χ0) is 16.5. The molecule has 3 aromatic rings. The largest absolute Gasteiger partial charge is 0.307 e. The predicted octanol–water partition coefficient (Wildman–Crippen LogP) is 3.06. The third-order valence-corrected chi connectivity index (χ3v) is 3.75. The van der Waals surface area contributed by atoms with E-state index < -0.39 is 0 Å². The summed E-state index contributed by atoms with van der Waals surface area (Å²) in [5, 5.41) is 6.83. The highest BCUT2D eigenvalue weighted by Gasteiger charge is 1.97. The van der Waals surface area contributed by atoms with E-state index in [1.165, 1.54) is 11.1 Å². The Morgan fingerprint density at radius 2 is 1.00 bits per heavy atom. The van der Waals surface area contributed by atoms with Crippen LogP contribution in [0.3, 0.4) is 0 Å². The summed E-state index contributed by atoms with van der Waals surface area (Å²) in [5.41, 5.74) is 4.68. The summed E-state index contributed by atoms with van der Waals surface area (Å²) in [5.74, 6) is 0. The van der Waals surface area contributed by atoms with E-state index in [0.29, 0.717) is 0 Å². The molecular formula is C20H22N4. The molecule has 0 amide bonds. The first-order chi connectivity index (χ1) is 11.9. The maximum Gasteiger partial charge on any atom is 0.0541 e. The van der Waals surface area contributed by atoms with Gasteiger partial charge in [0, 0.05) is 38.6 Å². The Balaban J connectivity index is 1.40. The smallest absolute Gasteiger partial charge is 0.0541 e. The molecule has 0 atom stereocenters. The van der Waals surface area contributed by atoms with Crippen LogP contribution in [-0.4, -0.2) is 9.97 Å². The molecule has 2 N–H and O–H groups in total. The second-order valence-corrected chi connectivity index (χ2v) is 5.67. The Morgan fingerprint density at radius 3 is 1.38 bits per heavy atom. The van der Waals surface area contributed by atoms with Crippen LogP contribution in [0.2, 0.25) is 0 Å². The van der Waals surface area contributed by atoms with Gasteiger partial charge in [0.05, 0.1) is 11.4 Å². The van der Waals surface area contributed by atoms with E-state index in [0.717, 1.165) is 37.6 Å². The lowest BCUT2D eigenvalue weighted by Gasteiger charge is -2.07. The van der Waals surface area contributed by atoms with Crippen LogP contribution in [0.25, 0.3) is 0 Å². The molecule has 0 aliphatic carbocycles. The number of hydrogen-bond donors (Lipinski definition) is 2. The van der Waals surface area contributed by atoms with Crippen LogP contribution in [0.1, 0.15) is 22.5 Å². The van der Waals surface area contributed by atoms with Gasteiger partial charge in [0.15, 0.2) is 0 Å². The Labute approximate surface area is 143 Å². The Morgan fingerprint density at radius 1 is 0.542 bits per heavy atom. The molecule has 0 unspecified atom stereocenters. The summed E-state index contributed by atoms with van der Waals surface area (Å²) in [7, 11) is 0. The van der Waals surface area contributed by atoms with Crippen LogP contribution in [0, 0.1) is 0 Å². The molecule has 0 aliphatic heterocycles. The molecule has 4 heteroatoms. The fourth-order valence-electron chi connectivity index (χ4n) is 2.45. The summed E-state index contributed by atoms with van der Waals surface area (Å²) in [6, 6.07) is 20.6. The molecule has 4 nitrogen and oxygen atoms in total. The average molecular weight is 318 g/mol. The monoisotopic (exact) mass is 318 g/mol. The lowest BCUT2D eigenvalue weighted by atomic mass is 10.1. The number of nitrogens with one attached hydrogen (secondary N) is 2. The second kappa shape index (κ2) is 8.91. The number of rotatable bonds is 8. The van der Waals surface area contributed by atoms with Crippen LogP contribution in [-0.2, 0) is 26.2 Å². The van der Waals surface area contributed by atoms with Crippen LogP contribution in [0.5, 0.6) is 0 Å². The zero-order valence-electron chi connectivity index (χ0n) is 13.7. The van der Waals surface area contributed by atoms with E-state index in [1.54, 1.807) is 0 Å². The molecule has 0 bridgehead atoms. The SMILES string of the molecule is c1ccc(CNCc2ccc(CNCc3ccccn3)cc2)nc1. The predicted molar refractivity (Wildman–Crippen MR) is 96.0 cm³/mol. The molecule has 122 valence electrons. The van der Waals surface area contributed by atoms with E-state index in [9.17, 15) is 0 Å². The quantitative estimate of drug-likeness (QED) is 0.670. The van der Waals surface area contributed by atoms with Crippen LogP contribution in [0.15, 0.2) is 73.1 Å². The minimum Gasteiger partial charge on any atom is -0.307 e. The summed E-state index contributed by atoms with van der Waals surface area (Å²) in [6.07, 6.45) is 3.65. The van der Waals surface area contributed by atoms with E-state index in [2.05, 4.69) is 44.9 Å². The lowest BCUT2D eigenvalue weighted by molar-refractivity contribution is 0.673. The highest BCUT2D eigenvalue weighted by atomic mass is 14.9. The van der Waals surface area contributed by atoms with Crippen molar-refractivity contribution in [2.45, 2.75) is 26.2 Å². The summed E-state index contributed by atoms with van der Waals surface area (Å²) in [4.78, 5) is 8.61. The van der Waals surface area contributed by atoms with E-state index in [1.807, 2.05) is 48.8 Å². The van der Waals surface area contributed by atoms with Gasteiger partial charge >= 0.3 is 0 Å². The highest BCUT2D eigenvalue weighted by Crippen LogP contribution is 2.05. The van der Waals surface area contributed by atoms with Crippen molar-refractivity contribution >= 4 is 0 Å². The Bertz CT molecular complexity index is 647. The summed E-state index contributed by atoms with van der Waals surface area (Å²) in [6.45, 7) is 3.26. The first-order valence-corrected chi connectivity index (χ1v) is 8.19. The van der Waals surface area contributed by atoms with Crippen molar-refractivity contribution in [3.05, 3.63) is 95.6 Å². The summed E-state index contributed by atoms with van der Waals surface area (Å²) >= 11 is 0. The fraction of sp³-hybridized carbons (Fsp3) is 0.200. The maximum absolute atomic E-state index is 4.31. The molecule has 2 heterocycles. The van der Waals surface area contributed by atoms with Gasteiger partial charge in [0.1, 0.15) is 0 Å². The minimum atomic E-state index is 0.786. The van der Waals surface area contributed by atoms with Gasteiger partial charge in [-0.05, 0) is 35.4 Å². The van der Waals surface area contributed by atoms with Crippen molar-refractivity contribution in [3.8, 4) is 0 Å². The fourth-order valence-corrected chi connectivity index (χ4v) is 2.45. The molecule has 0 aliphatic rings. The molecule has 2 aromatic heterocycles. The van der Waals surface area contributed by atoms with Crippen molar-refractivity contribution in [1.29, 1.82) is 0 Å². The van der Waals surface area contributed by atoms with Crippen molar-refractivity contribution < 1.29 is 0 Å². The lowest BCUT2D eigenvalue weighted by Crippen LogP contribution is -2.14. The van der Waals surface area contributed by atoms with Crippen molar-refractivity contribution in [1.82, 2.24) is 20.6 Å². The maximum atomic E-state index is 4.31. The molecule has 3 rings (SSSR count). The Kier molecular flexibility index (Phi) is 6.05. The van der Waals surface area contributed by atoms with Gasteiger partial charge < -0.3 is 10.6 Å². The van der Waals surface area contributed by atoms with Crippen molar-refractivity contribution in [2.24, 2.45) is 0 Å². The first-order valence-electron chi connectivity index (χ1n) is 8.19. The number of hydrogen-bond acceptors (Lipinski definition) is 4. The minimum absolute atomic E-state index is 0.786. The zero-order valence-corrected chi connectivity index (χ0v) is 13.7. The molecule has 24 heavy (non-hydrogen) atoms. The molecule has 0 fully saturated rings. The molecular weight excluding hydrogens is 296 g/mol. The van der Waals surface area contributed by atoms with Gasteiger partial charge in [0.25, 0.3) is 0 Å². The third kappa shape index (κ3) is 5.26. The van der Waals surface area contributed by atoms with Gasteiger partial charge in [-0.25, -0.2) is 0 Å². The van der Waals surface area contributed by atoms with E-state index in [-0.39, 0.29) is 0 Å². The molecule has 0 saturated carbocycles. The van der Waals surface area contributed by atoms with Gasteiger partial charge in [-0.3, -0.25) is 9.97 Å². The van der Waals surface area contributed by atoms with Gasteiger partial charge in [-0.15, -0.1) is 0 Å². The number of benzene rings is 1. The third-order valence-electron chi connectivity index (χ3n) is 3.75. The van der Waals surface area contributed by atoms with Crippen LogP contribution >= 0.6 is 0 Å². The van der Waals surface area contributed by atoms with Gasteiger partial charge in [-0.2, -0.15) is 0 Å². The van der Waals surface area contributed by atoms with Crippen LogP contribution in [0.4, 0.5) is 0 Å². The topological polar surface area (TPSA) is 49.8 Å². The number of pyridine rings is 2. The van der Waals surface area contributed by atoms with Crippen molar-refractivity contribution in [3.63, 3.8) is 0 Å². The average Bonchev–Trinajstić information content (AvgIpc) is 2.65. The van der Waals surface area contributed by atoms with Gasteiger partial charge in [0.2, 0.25) is 0 Å². The highest BCUT2D eigenvalue weighted by molar-refractivity contribution is 5.22. The summed E-state index contributed by atoms with van der Waals surface area (Å²) < 4.78 is 0. The molecule has 0 saturated heterocycles. The second-order valence-electron chi connectivity index (χ2n) is 5.67. The van der Waals surface area contributed by atoms with Gasteiger partial charge in [-0.1, -0.05) is 36.4 Å². The molecule has 0 radical (unpaired) electrons. The normalized spacial score (nSPS) is 10.7. The van der Waals surface area contributed by atoms with Crippen molar-refractivity contribution in [2.75, 3.05) is 0 Å². The number of aromatic nitrogens is 2. The van der Waals surface area contributed by atoms with E-state index >= 15 is 0 Å². The molecule has 1 aromatic carbocycles. The van der Waals surface area contributed by atoms with Crippen LogP contribution < -0.4 is 10.6 Å². The number of nitrogens with zero attached hydrogens (tertiary/aromatic N) is 2. The first kappa shape index (κ1) is 16.3. The standard InChI is InChI=1S/C20H22N4/c1-3-11-23-19(5-1)15-21-13-17-7-9-18(10-8-17)14-22-16-20-6-2-4-12-24-20/h1-12,21-22H,13-16H2. The molecule has 0 spiro atoms.